The van der Waals surface area contributed by atoms with Gasteiger partial charge in [-0.2, -0.15) is 14.6 Å². The number of ether oxygens (including phenoxy) is 1. The number of aromatic nitrogens is 4. The average Bonchev–Trinajstić information content (AvgIpc) is 2.85. The van der Waals surface area contributed by atoms with Crippen LogP contribution in [0.2, 0.25) is 0 Å². The van der Waals surface area contributed by atoms with Crippen LogP contribution >= 0.6 is 0 Å². The van der Waals surface area contributed by atoms with E-state index in [1.165, 1.54) is 6.33 Å². The number of hydrogen-bond acceptors (Lipinski definition) is 6. The van der Waals surface area contributed by atoms with Crippen molar-refractivity contribution in [2.75, 3.05) is 31.3 Å². The highest BCUT2D eigenvalue weighted by Crippen LogP contribution is 2.18. The van der Waals surface area contributed by atoms with E-state index < -0.39 is 0 Å². The fourth-order valence-corrected chi connectivity index (χ4v) is 2.08. The molecule has 0 unspecified atom stereocenters. The van der Waals surface area contributed by atoms with E-state index in [-0.39, 0.29) is 6.61 Å². The highest BCUT2D eigenvalue weighted by atomic mass is 16.5. The zero-order chi connectivity index (χ0) is 14.5. The van der Waals surface area contributed by atoms with E-state index in [0.717, 1.165) is 18.1 Å². The summed E-state index contributed by atoms with van der Waals surface area (Å²) in [5.41, 5.74) is 0.905. The number of aliphatic hydroxyl groups is 1. The van der Waals surface area contributed by atoms with Gasteiger partial charge >= 0.3 is 0 Å². The molecule has 2 heterocycles. The SMILES string of the molecule is Cc1cc(N(CCOCCO)C(C)C)n2ncnc2n1. The van der Waals surface area contributed by atoms with E-state index in [0.29, 0.717) is 25.0 Å². The quantitative estimate of drug-likeness (QED) is 0.750. The first-order chi connectivity index (χ1) is 9.63. The highest BCUT2D eigenvalue weighted by Gasteiger charge is 2.16. The molecule has 1 N–H and O–H groups in total. The van der Waals surface area contributed by atoms with Crippen molar-refractivity contribution in [1.29, 1.82) is 0 Å². The monoisotopic (exact) mass is 279 g/mol. The third kappa shape index (κ3) is 3.23. The van der Waals surface area contributed by atoms with Gasteiger partial charge in [-0.25, -0.2) is 4.98 Å². The van der Waals surface area contributed by atoms with Gasteiger partial charge in [0, 0.05) is 24.3 Å². The van der Waals surface area contributed by atoms with Crippen molar-refractivity contribution < 1.29 is 9.84 Å². The van der Waals surface area contributed by atoms with Crippen LogP contribution in [0.3, 0.4) is 0 Å². The van der Waals surface area contributed by atoms with Crippen molar-refractivity contribution in [2.24, 2.45) is 0 Å². The van der Waals surface area contributed by atoms with Gasteiger partial charge in [0.15, 0.2) is 0 Å². The number of fused-ring (bicyclic) bond motifs is 1. The summed E-state index contributed by atoms with van der Waals surface area (Å²) in [6.45, 7) is 7.85. The molecule has 2 rings (SSSR count). The Morgan fingerprint density at radius 2 is 2.20 bits per heavy atom. The fourth-order valence-electron chi connectivity index (χ4n) is 2.08. The maximum atomic E-state index is 8.74. The summed E-state index contributed by atoms with van der Waals surface area (Å²) in [6, 6.07) is 2.29. The predicted molar refractivity (Wildman–Crippen MR) is 75.9 cm³/mol. The van der Waals surface area contributed by atoms with E-state index in [9.17, 15) is 0 Å². The molecule has 7 nitrogen and oxygen atoms in total. The molecule has 0 atom stereocenters. The van der Waals surface area contributed by atoms with Crippen molar-refractivity contribution in [1.82, 2.24) is 19.6 Å². The van der Waals surface area contributed by atoms with Crippen molar-refractivity contribution >= 4 is 11.6 Å². The molecular formula is C13H21N5O2. The minimum atomic E-state index is 0.0450. The van der Waals surface area contributed by atoms with Gasteiger partial charge in [0.25, 0.3) is 5.78 Å². The van der Waals surface area contributed by atoms with Gasteiger partial charge in [-0.1, -0.05) is 0 Å². The average molecular weight is 279 g/mol. The summed E-state index contributed by atoms with van der Waals surface area (Å²) in [6.07, 6.45) is 1.51. The molecule has 0 aliphatic carbocycles. The number of anilines is 1. The molecular weight excluding hydrogens is 258 g/mol. The first-order valence-electron chi connectivity index (χ1n) is 6.76. The zero-order valence-electron chi connectivity index (χ0n) is 12.2. The van der Waals surface area contributed by atoms with Crippen LogP contribution in [0, 0.1) is 6.92 Å². The summed E-state index contributed by atoms with van der Waals surface area (Å²) < 4.78 is 7.09. The maximum absolute atomic E-state index is 8.74. The maximum Gasteiger partial charge on any atom is 0.254 e. The van der Waals surface area contributed by atoms with Crippen LogP contribution < -0.4 is 4.90 Å². The molecule has 0 amide bonds. The lowest BCUT2D eigenvalue weighted by atomic mass is 10.3. The molecule has 7 heteroatoms. The number of hydrogen-bond donors (Lipinski definition) is 1. The lowest BCUT2D eigenvalue weighted by molar-refractivity contribution is 0.0960. The second-order valence-corrected chi connectivity index (χ2v) is 4.85. The zero-order valence-corrected chi connectivity index (χ0v) is 12.2. The van der Waals surface area contributed by atoms with Crippen molar-refractivity contribution in [3.63, 3.8) is 0 Å². The predicted octanol–water partition coefficient (Wildman–Crippen LogP) is 0.656. The smallest absolute Gasteiger partial charge is 0.254 e. The van der Waals surface area contributed by atoms with E-state index in [1.54, 1.807) is 4.52 Å². The summed E-state index contributed by atoms with van der Waals surface area (Å²) in [7, 11) is 0. The second-order valence-electron chi connectivity index (χ2n) is 4.85. The van der Waals surface area contributed by atoms with Crippen LogP contribution in [-0.4, -0.2) is 57.1 Å². The number of aryl methyl sites for hydroxylation is 1. The third-order valence-corrected chi connectivity index (χ3v) is 2.99. The molecule has 0 aliphatic heterocycles. The topological polar surface area (TPSA) is 75.8 Å². The van der Waals surface area contributed by atoms with Gasteiger partial charge in [-0.3, -0.25) is 0 Å². The normalized spacial score (nSPS) is 11.4. The van der Waals surface area contributed by atoms with Gasteiger partial charge in [-0.15, -0.1) is 0 Å². The molecule has 0 bridgehead atoms. The molecule has 20 heavy (non-hydrogen) atoms. The molecule has 0 aliphatic rings. The summed E-state index contributed by atoms with van der Waals surface area (Å²) in [4.78, 5) is 10.7. The van der Waals surface area contributed by atoms with Crippen LogP contribution in [-0.2, 0) is 4.74 Å². The van der Waals surface area contributed by atoms with E-state index in [4.69, 9.17) is 9.84 Å². The Hall–Kier alpha value is -1.73. The molecule has 0 saturated carbocycles. The van der Waals surface area contributed by atoms with Crippen LogP contribution in [0.4, 0.5) is 5.82 Å². The van der Waals surface area contributed by atoms with Crippen LogP contribution in [0.25, 0.3) is 5.78 Å². The molecule has 0 fully saturated rings. The highest BCUT2D eigenvalue weighted by molar-refractivity contribution is 5.47. The number of aliphatic hydroxyl groups excluding tert-OH is 1. The van der Waals surface area contributed by atoms with Gasteiger partial charge in [0.2, 0.25) is 0 Å². The Bertz CT molecular complexity index is 555. The molecule has 2 aromatic rings. The Morgan fingerprint density at radius 3 is 2.90 bits per heavy atom. The fraction of sp³-hybridized carbons (Fsp3) is 0.615. The molecule has 0 radical (unpaired) electrons. The van der Waals surface area contributed by atoms with Crippen LogP contribution in [0.5, 0.6) is 0 Å². The largest absolute Gasteiger partial charge is 0.394 e. The van der Waals surface area contributed by atoms with E-state index in [1.807, 2.05) is 13.0 Å². The molecule has 110 valence electrons. The summed E-state index contributed by atoms with van der Waals surface area (Å²) in [5, 5.41) is 13.0. The van der Waals surface area contributed by atoms with E-state index in [2.05, 4.69) is 33.8 Å². The van der Waals surface area contributed by atoms with E-state index >= 15 is 0 Å². The van der Waals surface area contributed by atoms with Gasteiger partial charge in [0.1, 0.15) is 12.1 Å². The van der Waals surface area contributed by atoms with Gasteiger partial charge < -0.3 is 14.7 Å². The van der Waals surface area contributed by atoms with Gasteiger partial charge in [0.05, 0.1) is 19.8 Å². The molecule has 0 aromatic carbocycles. The van der Waals surface area contributed by atoms with Crippen molar-refractivity contribution in [2.45, 2.75) is 26.8 Å². The van der Waals surface area contributed by atoms with Crippen LogP contribution in [0.15, 0.2) is 12.4 Å². The summed E-state index contributed by atoms with van der Waals surface area (Å²) in [5.74, 6) is 1.55. The Kier molecular flexibility index (Phi) is 4.86. The van der Waals surface area contributed by atoms with Crippen molar-refractivity contribution in [3.8, 4) is 0 Å². The lowest BCUT2D eigenvalue weighted by Gasteiger charge is -2.28. The standard InChI is InChI=1S/C13H21N5O2/c1-10(2)17(4-6-20-7-5-19)12-8-11(3)16-13-14-9-15-18(12)13/h8-10,19H,4-7H2,1-3H3. The Morgan fingerprint density at radius 1 is 1.40 bits per heavy atom. The van der Waals surface area contributed by atoms with Crippen LogP contribution in [0.1, 0.15) is 19.5 Å². The summed E-state index contributed by atoms with van der Waals surface area (Å²) >= 11 is 0. The van der Waals surface area contributed by atoms with Crippen molar-refractivity contribution in [3.05, 3.63) is 18.1 Å². The first-order valence-corrected chi connectivity index (χ1v) is 6.76. The first kappa shape index (κ1) is 14.7. The third-order valence-electron chi connectivity index (χ3n) is 2.99. The minimum Gasteiger partial charge on any atom is -0.394 e. The Balaban J connectivity index is 2.24. The molecule has 0 spiro atoms. The lowest BCUT2D eigenvalue weighted by Crippen LogP contribution is -2.35. The molecule has 0 saturated heterocycles. The number of rotatable bonds is 7. The second kappa shape index (κ2) is 6.62. The minimum absolute atomic E-state index is 0.0450. The van der Waals surface area contributed by atoms with Gasteiger partial charge in [-0.05, 0) is 20.8 Å². The number of nitrogens with zero attached hydrogens (tertiary/aromatic N) is 5. The molecule has 2 aromatic heterocycles. The Labute approximate surface area is 118 Å².